The second kappa shape index (κ2) is 9.39. The third kappa shape index (κ3) is 5.45. The largest absolute Gasteiger partial charge is 1.00 e. The summed E-state index contributed by atoms with van der Waals surface area (Å²) in [7, 11) is 0. The van der Waals surface area contributed by atoms with Gasteiger partial charge in [-0.25, -0.2) is 0 Å². The SMILES string of the molecule is CCc1ccc(OCC(O)CN2C(C)CCCC2C)cc1.[Cl-]. The van der Waals surface area contributed by atoms with E-state index >= 15 is 0 Å². The number of aryl methyl sites for hydroxylation is 1. The van der Waals surface area contributed by atoms with E-state index in [9.17, 15) is 5.11 Å². The van der Waals surface area contributed by atoms with Gasteiger partial charge in [-0.2, -0.15) is 0 Å². The number of aliphatic hydroxyl groups is 1. The molecule has 0 aromatic heterocycles. The highest BCUT2D eigenvalue weighted by molar-refractivity contribution is 5.27. The monoisotopic (exact) mass is 326 g/mol. The van der Waals surface area contributed by atoms with E-state index in [0.717, 1.165) is 12.2 Å². The molecule has 0 spiro atoms. The van der Waals surface area contributed by atoms with E-state index in [1.165, 1.54) is 24.8 Å². The van der Waals surface area contributed by atoms with E-state index in [4.69, 9.17) is 4.74 Å². The van der Waals surface area contributed by atoms with Crippen LogP contribution in [0.4, 0.5) is 0 Å². The fourth-order valence-electron chi connectivity index (χ4n) is 3.14. The summed E-state index contributed by atoms with van der Waals surface area (Å²) < 4.78 is 5.70. The van der Waals surface area contributed by atoms with E-state index in [2.05, 4.69) is 37.8 Å². The predicted octanol–water partition coefficient (Wildman–Crippen LogP) is 0.256. The Balaban J connectivity index is 0.00000242. The molecule has 1 saturated heterocycles. The van der Waals surface area contributed by atoms with Crippen LogP contribution in [0.2, 0.25) is 0 Å². The number of hydrogen-bond donors (Lipinski definition) is 1. The predicted molar refractivity (Wildman–Crippen MR) is 86.8 cm³/mol. The van der Waals surface area contributed by atoms with Crippen molar-refractivity contribution >= 4 is 0 Å². The van der Waals surface area contributed by atoms with Gasteiger partial charge in [0, 0.05) is 18.6 Å². The summed E-state index contributed by atoms with van der Waals surface area (Å²) in [6.45, 7) is 7.72. The van der Waals surface area contributed by atoms with Crippen molar-refractivity contribution in [1.82, 2.24) is 4.90 Å². The third-order valence-electron chi connectivity index (χ3n) is 4.57. The molecule has 1 aliphatic rings. The zero-order valence-corrected chi connectivity index (χ0v) is 14.7. The fourth-order valence-corrected chi connectivity index (χ4v) is 3.14. The van der Waals surface area contributed by atoms with Crippen LogP contribution in [0.5, 0.6) is 5.75 Å². The van der Waals surface area contributed by atoms with Crippen LogP contribution in [0.15, 0.2) is 24.3 Å². The fraction of sp³-hybridized carbons (Fsp3) is 0.667. The lowest BCUT2D eigenvalue weighted by Gasteiger charge is -2.40. The smallest absolute Gasteiger partial charge is 0.119 e. The number of likely N-dealkylation sites (tertiary alicyclic amines) is 1. The number of ether oxygens (including phenoxy) is 1. The van der Waals surface area contributed by atoms with Gasteiger partial charge in [-0.3, -0.25) is 4.90 Å². The summed E-state index contributed by atoms with van der Waals surface area (Å²) in [4.78, 5) is 2.41. The van der Waals surface area contributed by atoms with E-state index in [1.54, 1.807) is 0 Å². The molecule has 0 radical (unpaired) electrons. The van der Waals surface area contributed by atoms with Crippen LogP contribution < -0.4 is 17.1 Å². The Bertz CT molecular complexity index is 414. The number of rotatable bonds is 6. The van der Waals surface area contributed by atoms with Crippen molar-refractivity contribution in [2.75, 3.05) is 13.2 Å². The van der Waals surface area contributed by atoms with Crippen LogP contribution in [-0.4, -0.2) is 41.3 Å². The molecule has 1 N–H and O–H groups in total. The van der Waals surface area contributed by atoms with E-state index in [1.807, 2.05) is 12.1 Å². The lowest BCUT2D eigenvalue weighted by molar-refractivity contribution is -0.00000643. The topological polar surface area (TPSA) is 32.7 Å². The van der Waals surface area contributed by atoms with Crippen molar-refractivity contribution in [2.45, 2.75) is 64.6 Å². The Kier molecular flexibility index (Phi) is 8.23. The van der Waals surface area contributed by atoms with Crippen molar-refractivity contribution in [1.29, 1.82) is 0 Å². The number of hydrogen-bond acceptors (Lipinski definition) is 3. The van der Waals surface area contributed by atoms with Gasteiger partial charge in [0.2, 0.25) is 0 Å². The summed E-state index contributed by atoms with van der Waals surface area (Å²) in [6, 6.07) is 9.25. The van der Waals surface area contributed by atoms with Crippen molar-refractivity contribution in [3.05, 3.63) is 29.8 Å². The highest BCUT2D eigenvalue weighted by Gasteiger charge is 2.26. The van der Waals surface area contributed by atoms with Gasteiger partial charge >= 0.3 is 0 Å². The molecule has 3 unspecified atom stereocenters. The average Bonchev–Trinajstić information content (AvgIpc) is 2.49. The van der Waals surface area contributed by atoms with Crippen LogP contribution in [0.25, 0.3) is 0 Å². The average molecular weight is 327 g/mol. The first-order valence-electron chi connectivity index (χ1n) is 8.25. The maximum Gasteiger partial charge on any atom is 0.119 e. The van der Waals surface area contributed by atoms with Gasteiger partial charge in [-0.1, -0.05) is 25.5 Å². The second-order valence-electron chi connectivity index (χ2n) is 6.29. The number of aliphatic hydroxyl groups excluding tert-OH is 1. The maximum absolute atomic E-state index is 10.2. The number of halogens is 1. The molecule has 1 aliphatic heterocycles. The standard InChI is InChI=1S/C18H29NO2.ClH/c1-4-16-8-10-18(11-9-16)21-13-17(20)12-19-14(2)6-5-7-15(19)3;/h8-11,14-15,17,20H,4-7,12-13H2,1-3H3;1H/p-1. The molecule has 0 bridgehead atoms. The summed E-state index contributed by atoms with van der Waals surface area (Å²) in [5.41, 5.74) is 1.30. The molecule has 4 heteroatoms. The number of nitrogens with zero attached hydrogens (tertiary/aromatic N) is 1. The minimum atomic E-state index is -0.432. The molecule has 1 heterocycles. The molecule has 1 aromatic carbocycles. The van der Waals surface area contributed by atoms with E-state index < -0.39 is 6.10 Å². The van der Waals surface area contributed by atoms with Crippen molar-refractivity contribution < 1.29 is 22.3 Å². The third-order valence-corrected chi connectivity index (χ3v) is 4.57. The second-order valence-corrected chi connectivity index (χ2v) is 6.29. The van der Waals surface area contributed by atoms with Gasteiger partial charge < -0.3 is 22.3 Å². The minimum Gasteiger partial charge on any atom is -1.00 e. The zero-order chi connectivity index (χ0) is 15.2. The first-order valence-corrected chi connectivity index (χ1v) is 8.25. The van der Waals surface area contributed by atoms with Gasteiger partial charge in [-0.05, 0) is 50.8 Å². The maximum atomic E-state index is 10.2. The van der Waals surface area contributed by atoms with E-state index in [0.29, 0.717) is 25.2 Å². The van der Waals surface area contributed by atoms with Crippen LogP contribution in [0, 0.1) is 0 Å². The summed E-state index contributed by atoms with van der Waals surface area (Å²) in [5.74, 6) is 0.839. The molecule has 22 heavy (non-hydrogen) atoms. The van der Waals surface area contributed by atoms with E-state index in [-0.39, 0.29) is 12.4 Å². The lowest BCUT2D eigenvalue weighted by atomic mass is 9.97. The lowest BCUT2D eigenvalue weighted by Crippen LogP contribution is -3.00. The number of piperidine rings is 1. The Labute approximate surface area is 141 Å². The van der Waals surface area contributed by atoms with Gasteiger partial charge in [0.15, 0.2) is 0 Å². The molecule has 1 fully saturated rings. The molecule has 0 saturated carbocycles. The quantitative estimate of drug-likeness (QED) is 0.814. The van der Waals surface area contributed by atoms with Crippen LogP contribution in [0.3, 0.4) is 0 Å². The normalized spacial score (nSPS) is 23.6. The molecular formula is C18H29ClNO2-. The van der Waals surface area contributed by atoms with Crippen LogP contribution >= 0.6 is 0 Å². The zero-order valence-electron chi connectivity index (χ0n) is 14.0. The van der Waals surface area contributed by atoms with Gasteiger partial charge in [0.25, 0.3) is 0 Å². The minimum absolute atomic E-state index is 0. The van der Waals surface area contributed by atoms with Crippen molar-refractivity contribution in [3.8, 4) is 5.75 Å². The summed E-state index contributed by atoms with van der Waals surface area (Å²) in [5, 5.41) is 10.2. The van der Waals surface area contributed by atoms with Crippen molar-refractivity contribution in [3.63, 3.8) is 0 Å². The Hall–Kier alpha value is -0.770. The van der Waals surface area contributed by atoms with Crippen molar-refractivity contribution in [2.24, 2.45) is 0 Å². The molecule has 0 aliphatic carbocycles. The Morgan fingerprint density at radius 3 is 2.32 bits per heavy atom. The highest BCUT2D eigenvalue weighted by atomic mass is 35.5. The summed E-state index contributed by atoms with van der Waals surface area (Å²) in [6.07, 6.45) is 4.37. The molecule has 2 rings (SSSR count). The number of β-amino-alcohol motifs (C(OH)–C–C–N with tert-alkyl or cyclic N) is 1. The Morgan fingerprint density at radius 2 is 1.77 bits per heavy atom. The van der Waals surface area contributed by atoms with Gasteiger partial charge in [-0.15, -0.1) is 0 Å². The first-order chi connectivity index (χ1) is 10.1. The molecular weight excluding hydrogens is 298 g/mol. The van der Waals surface area contributed by atoms with Crippen LogP contribution in [-0.2, 0) is 6.42 Å². The van der Waals surface area contributed by atoms with Gasteiger partial charge in [0.1, 0.15) is 18.5 Å². The van der Waals surface area contributed by atoms with Gasteiger partial charge in [0.05, 0.1) is 0 Å². The highest BCUT2D eigenvalue weighted by Crippen LogP contribution is 2.22. The first kappa shape index (κ1) is 19.3. The Morgan fingerprint density at radius 1 is 1.18 bits per heavy atom. The molecule has 3 nitrogen and oxygen atoms in total. The summed E-state index contributed by atoms with van der Waals surface area (Å²) >= 11 is 0. The molecule has 0 amide bonds. The molecule has 126 valence electrons. The molecule has 1 aromatic rings. The number of benzene rings is 1. The molecule has 3 atom stereocenters. The van der Waals surface area contributed by atoms with Crippen LogP contribution in [0.1, 0.15) is 45.6 Å².